The number of hydrogen-bond acceptors (Lipinski definition) is 3. The van der Waals surface area contributed by atoms with Crippen molar-refractivity contribution >= 4 is 40.5 Å². The zero-order valence-electron chi connectivity index (χ0n) is 15.8. The lowest BCUT2D eigenvalue weighted by Crippen LogP contribution is -2.01. The Balaban J connectivity index is 2.00. The Morgan fingerprint density at radius 1 is 1.11 bits per heavy atom. The number of nitrogens with zero attached hydrogens (tertiary/aromatic N) is 2. The van der Waals surface area contributed by atoms with Crippen molar-refractivity contribution in [2.75, 3.05) is 7.11 Å². The van der Waals surface area contributed by atoms with Crippen molar-refractivity contribution in [1.29, 1.82) is 0 Å². The van der Waals surface area contributed by atoms with Crippen LogP contribution in [-0.4, -0.2) is 23.9 Å². The molecule has 0 unspecified atom stereocenters. The monoisotopic (exact) mass is 472 g/mol. The van der Waals surface area contributed by atoms with E-state index in [1.165, 1.54) is 16.2 Å². The van der Waals surface area contributed by atoms with Gasteiger partial charge in [0.2, 0.25) is 0 Å². The van der Waals surface area contributed by atoms with Crippen LogP contribution in [0.4, 0.5) is 5.69 Å². The molecule has 0 spiro atoms. The van der Waals surface area contributed by atoms with E-state index >= 15 is 0 Å². The van der Waals surface area contributed by atoms with Gasteiger partial charge in [-0.3, -0.25) is 4.99 Å². The summed E-state index contributed by atoms with van der Waals surface area (Å²) in [5.41, 5.74) is 6.70. The number of hydrogen-bond donors (Lipinski definition) is 0. The molecule has 5 heteroatoms. The first-order chi connectivity index (χ1) is 12.9. The van der Waals surface area contributed by atoms with Crippen LogP contribution < -0.4 is 0 Å². The maximum Gasteiger partial charge on any atom is 0.340 e. The summed E-state index contributed by atoms with van der Waals surface area (Å²) >= 11 is 2.35. The van der Waals surface area contributed by atoms with Crippen molar-refractivity contribution in [3.05, 3.63) is 80.2 Å². The van der Waals surface area contributed by atoms with Crippen molar-refractivity contribution in [2.24, 2.45) is 4.99 Å². The van der Waals surface area contributed by atoms with Crippen LogP contribution in [0.1, 0.15) is 32.9 Å². The summed E-state index contributed by atoms with van der Waals surface area (Å²) in [5.74, 6) is -0.386. The Labute approximate surface area is 173 Å². The fraction of sp³-hybridized carbons (Fsp3) is 0.182. The molecule has 0 atom stereocenters. The number of rotatable bonds is 4. The fourth-order valence-corrected chi connectivity index (χ4v) is 3.43. The largest absolute Gasteiger partial charge is 0.465 e. The highest BCUT2D eigenvalue weighted by Crippen LogP contribution is 2.24. The smallest absolute Gasteiger partial charge is 0.340 e. The highest BCUT2D eigenvalue weighted by molar-refractivity contribution is 14.1. The third kappa shape index (κ3) is 3.98. The minimum atomic E-state index is -0.386. The lowest BCUT2D eigenvalue weighted by molar-refractivity contribution is 0.0601. The molecule has 0 aliphatic rings. The van der Waals surface area contributed by atoms with Crippen LogP contribution in [0, 0.1) is 24.3 Å². The van der Waals surface area contributed by atoms with Gasteiger partial charge in [0.15, 0.2) is 0 Å². The molecule has 0 aliphatic carbocycles. The Bertz CT molecular complexity index is 1030. The normalized spacial score (nSPS) is 11.1. The second-order valence-corrected chi connectivity index (χ2v) is 7.52. The molecule has 0 aliphatic heterocycles. The molecule has 0 fully saturated rings. The molecule has 0 radical (unpaired) electrons. The molecule has 0 saturated heterocycles. The van der Waals surface area contributed by atoms with Gasteiger partial charge in [-0.25, -0.2) is 4.79 Å². The maximum atomic E-state index is 11.9. The van der Waals surface area contributed by atoms with Crippen molar-refractivity contribution in [1.82, 2.24) is 4.57 Å². The second kappa shape index (κ2) is 8.08. The van der Waals surface area contributed by atoms with Gasteiger partial charge in [0.05, 0.1) is 18.4 Å². The quantitative estimate of drug-likeness (QED) is 0.284. The van der Waals surface area contributed by atoms with Gasteiger partial charge in [-0.1, -0.05) is 12.1 Å². The van der Waals surface area contributed by atoms with Gasteiger partial charge in [0.1, 0.15) is 0 Å². The van der Waals surface area contributed by atoms with Gasteiger partial charge < -0.3 is 9.30 Å². The van der Waals surface area contributed by atoms with Crippen LogP contribution in [-0.2, 0) is 4.74 Å². The number of methoxy groups -OCH3 is 1. The van der Waals surface area contributed by atoms with E-state index in [2.05, 4.69) is 77.2 Å². The highest BCUT2D eigenvalue weighted by atomic mass is 127. The molecular weight excluding hydrogens is 451 g/mol. The maximum absolute atomic E-state index is 11.9. The Morgan fingerprint density at radius 2 is 1.85 bits per heavy atom. The van der Waals surface area contributed by atoms with Crippen LogP contribution in [0.2, 0.25) is 0 Å². The molecule has 4 nitrogen and oxygen atoms in total. The molecule has 0 bridgehead atoms. The minimum absolute atomic E-state index is 0.386. The van der Waals surface area contributed by atoms with Crippen LogP contribution in [0.25, 0.3) is 5.69 Å². The van der Waals surface area contributed by atoms with Gasteiger partial charge in [-0.2, -0.15) is 0 Å². The Kier molecular flexibility index (Phi) is 5.79. The number of aromatic nitrogens is 1. The molecule has 138 valence electrons. The molecule has 1 aromatic heterocycles. The Hall–Kier alpha value is -2.41. The number of carbonyl (C=O) groups is 1. The molecule has 0 saturated carbocycles. The van der Waals surface area contributed by atoms with Crippen LogP contribution >= 0.6 is 22.6 Å². The molecule has 3 rings (SSSR count). The predicted molar refractivity (Wildman–Crippen MR) is 118 cm³/mol. The number of aliphatic imine (C=N–C) groups is 1. The zero-order chi connectivity index (χ0) is 19.6. The summed E-state index contributed by atoms with van der Waals surface area (Å²) in [4.78, 5) is 16.5. The van der Waals surface area contributed by atoms with E-state index in [0.717, 1.165) is 22.6 Å². The van der Waals surface area contributed by atoms with E-state index in [0.29, 0.717) is 11.3 Å². The second-order valence-electron chi connectivity index (χ2n) is 6.36. The number of halogens is 1. The molecule has 3 aromatic rings. The summed E-state index contributed by atoms with van der Waals surface area (Å²) in [7, 11) is 1.37. The summed E-state index contributed by atoms with van der Waals surface area (Å²) in [6.45, 7) is 6.28. The van der Waals surface area contributed by atoms with Gasteiger partial charge >= 0.3 is 5.97 Å². The molecule has 1 heterocycles. The van der Waals surface area contributed by atoms with Crippen molar-refractivity contribution in [3.8, 4) is 5.69 Å². The number of esters is 1. The summed E-state index contributed by atoms with van der Waals surface area (Å²) in [6.07, 6.45) is 1.81. The number of para-hydroxylation sites is 1. The van der Waals surface area contributed by atoms with Crippen molar-refractivity contribution in [2.45, 2.75) is 20.8 Å². The molecule has 27 heavy (non-hydrogen) atoms. The standard InChI is InChI=1S/C22H21IN2O2/c1-14-11-18(9-10-20(14)23)25-15(2)12-17(16(25)3)13-24-21-8-6-5-7-19(21)22(26)27-4/h5-13H,1-4H3. The summed E-state index contributed by atoms with van der Waals surface area (Å²) in [6, 6.07) is 15.7. The first kappa shape index (κ1) is 19.4. The van der Waals surface area contributed by atoms with Crippen molar-refractivity contribution in [3.63, 3.8) is 0 Å². The van der Waals surface area contributed by atoms with E-state index < -0.39 is 0 Å². The number of carbonyl (C=O) groups excluding carboxylic acids is 1. The topological polar surface area (TPSA) is 43.6 Å². The minimum Gasteiger partial charge on any atom is -0.465 e. The lowest BCUT2D eigenvalue weighted by Gasteiger charge is -2.11. The third-order valence-corrected chi connectivity index (χ3v) is 5.73. The van der Waals surface area contributed by atoms with Gasteiger partial charge in [0.25, 0.3) is 0 Å². The predicted octanol–water partition coefficient (Wildman–Crippen LogP) is 5.54. The fourth-order valence-electron chi connectivity index (χ4n) is 3.09. The average molecular weight is 472 g/mol. The third-order valence-electron chi connectivity index (χ3n) is 4.52. The van der Waals surface area contributed by atoms with E-state index in [4.69, 9.17) is 4.74 Å². The number of ether oxygens (including phenoxy) is 1. The van der Waals surface area contributed by atoms with E-state index in [1.807, 2.05) is 12.1 Å². The van der Waals surface area contributed by atoms with Crippen LogP contribution in [0.5, 0.6) is 0 Å². The lowest BCUT2D eigenvalue weighted by atomic mass is 10.2. The first-order valence-corrected chi connectivity index (χ1v) is 9.67. The van der Waals surface area contributed by atoms with Crippen LogP contribution in [0.3, 0.4) is 0 Å². The SMILES string of the molecule is COC(=O)c1ccccc1N=Cc1cc(C)n(-c2ccc(I)c(C)c2)c1C. The zero-order valence-corrected chi connectivity index (χ0v) is 17.9. The van der Waals surface area contributed by atoms with Gasteiger partial charge in [0, 0.05) is 32.4 Å². The highest BCUT2D eigenvalue weighted by Gasteiger charge is 2.12. The van der Waals surface area contributed by atoms with E-state index in [-0.39, 0.29) is 5.97 Å². The molecule has 0 amide bonds. The first-order valence-electron chi connectivity index (χ1n) is 8.59. The van der Waals surface area contributed by atoms with Gasteiger partial charge in [-0.15, -0.1) is 0 Å². The molecule has 2 aromatic carbocycles. The number of benzene rings is 2. The van der Waals surface area contributed by atoms with Gasteiger partial charge in [-0.05, 0) is 85.3 Å². The van der Waals surface area contributed by atoms with Crippen LogP contribution in [0.15, 0.2) is 53.5 Å². The number of aryl methyl sites for hydroxylation is 2. The molecule has 0 N–H and O–H groups in total. The van der Waals surface area contributed by atoms with Crippen molar-refractivity contribution < 1.29 is 9.53 Å². The molecular formula is C22H21IN2O2. The summed E-state index contributed by atoms with van der Waals surface area (Å²) < 4.78 is 8.31. The Morgan fingerprint density at radius 3 is 2.56 bits per heavy atom. The average Bonchev–Trinajstić information content (AvgIpc) is 2.95. The van der Waals surface area contributed by atoms with E-state index in [1.54, 1.807) is 18.3 Å². The van der Waals surface area contributed by atoms with E-state index in [9.17, 15) is 4.79 Å². The summed E-state index contributed by atoms with van der Waals surface area (Å²) in [5, 5.41) is 0.